The maximum atomic E-state index is 14.0. The number of nitrogens with one attached hydrogen (secondary N) is 2. The van der Waals surface area contributed by atoms with Crippen molar-refractivity contribution < 1.29 is 13.9 Å². The standard InChI is InChI=1S/C28H29FN4O2S2.C2H6/c1-17-6-22(13-23(7-17)32-37-5)31-28(34)20-11-25(33(3)15-20)27-26(8-18(2)14-30-27)35-16-19-9-21(29)12-24(10-19)36-4;1-2/h6-15,32H,16H2,1-5H3,(H,31,34);1-2H3. The molecule has 4 rings (SSSR count). The van der Waals surface area contributed by atoms with Gasteiger partial charge in [-0.05, 0) is 85.3 Å². The number of halogens is 1. The molecule has 0 spiro atoms. The first-order valence-electron chi connectivity index (χ1n) is 12.6. The molecule has 2 heterocycles. The third kappa shape index (κ3) is 8.03. The first-order chi connectivity index (χ1) is 18.7. The summed E-state index contributed by atoms with van der Waals surface area (Å²) in [6, 6.07) is 14.4. The second-order valence-corrected chi connectivity index (χ2v) is 10.2. The molecular weight excluding hydrogens is 531 g/mol. The van der Waals surface area contributed by atoms with Crippen LogP contribution in [0.25, 0.3) is 11.4 Å². The van der Waals surface area contributed by atoms with Gasteiger partial charge >= 0.3 is 0 Å². The maximum absolute atomic E-state index is 14.0. The van der Waals surface area contributed by atoms with Crippen LogP contribution >= 0.6 is 23.7 Å². The van der Waals surface area contributed by atoms with Gasteiger partial charge < -0.3 is 19.3 Å². The van der Waals surface area contributed by atoms with Gasteiger partial charge in [0, 0.05) is 42.0 Å². The number of rotatable bonds is 9. The monoisotopic (exact) mass is 566 g/mol. The number of ether oxygens (including phenoxy) is 1. The van der Waals surface area contributed by atoms with E-state index in [9.17, 15) is 9.18 Å². The Hall–Kier alpha value is -3.43. The van der Waals surface area contributed by atoms with Crippen LogP contribution in [0.1, 0.15) is 40.9 Å². The minimum Gasteiger partial charge on any atom is -0.487 e. The van der Waals surface area contributed by atoms with E-state index >= 15 is 0 Å². The highest BCUT2D eigenvalue weighted by Crippen LogP contribution is 2.31. The van der Waals surface area contributed by atoms with Gasteiger partial charge in [-0.15, -0.1) is 11.8 Å². The summed E-state index contributed by atoms with van der Waals surface area (Å²) in [4.78, 5) is 18.5. The van der Waals surface area contributed by atoms with Gasteiger partial charge in [0.25, 0.3) is 5.91 Å². The van der Waals surface area contributed by atoms with Crippen molar-refractivity contribution in [2.45, 2.75) is 39.2 Å². The largest absolute Gasteiger partial charge is 0.487 e. The Kier molecular flexibility index (Phi) is 10.9. The van der Waals surface area contributed by atoms with Crippen molar-refractivity contribution in [3.63, 3.8) is 0 Å². The molecule has 0 aliphatic carbocycles. The van der Waals surface area contributed by atoms with E-state index in [1.807, 2.05) is 82.2 Å². The third-order valence-electron chi connectivity index (χ3n) is 5.62. The number of carbonyl (C=O) groups excluding carboxylic acids is 1. The molecule has 4 aromatic rings. The van der Waals surface area contributed by atoms with Crippen molar-refractivity contribution in [3.8, 4) is 17.1 Å². The van der Waals surface area contributed by atoms with E-state index in [0.717, 1.165) is 33.0 Å². The number of aryl methyl sites for hydroxylation is 3. The molecule has 9 heteroatoms. The Bertz CT molecular complexity index is 1440. The SMILES string of the molecule is CC.CSNc1cc(C)cc(NC(=O)c2cc(-c3ncc(C)cc3OCc3cc(F)cc(SC)c3)n(C)c2)c1. The van der Waals surface area contributed by atoms with E-state index in [0.29, 0.717) is 22.7 Å². The van der Waals surface area contributed by atoms with Crippen molar-refractivity contribution in [1.82, 2.24) is 9.55 Å². The van der Waals surface area contributed by atoms with Crippen molar-refractivity contribution in [3.05, 3.63) is 89.0 Å². The molecule has 2 aromatic carbocycles. The molecule has 2 aromatic heterocycles. The molecule has 2 N–H and O–H groups in total. The van der Waals surface area contributed by atoms with Crippen LogP contribution in [-0.4, -0.2) is 28.0 Å². The van der Waals surface area contributed by atoms with Gasteiger partial charge in [0.05, 0.1) is 11.3 Å². The Balaban J connectivity index is 0.00000205. The maximum Gasteiger partial charge on any atom is 0.257 e. The number of aromatic nitrogens is 2. The summed E-state index contributed by atoms with van der Waals surface area (Å²) in [6.07, 6.45) is 7.38. The van der Waals surface area contributed by atoms with Gasteiger partial charge in [-0.1, -0.05) is 25.8 Å². The normalized spacial score (nSPS) is 10.5. The van der Waals surface area contributed by atoms with Crippen LogP contribution in [0.3, 0.4) is 0 Å². The van der Waals surface area contributed by atoms with Crippen LogP contribution in [0.15, 0.2) is 65.8 Å². The van der Waals surface area contributed by atoms with Crippen molar-refractivity contribution in [2.75, 3.05) is 22.6 Å². The lowest BCUT2D eigenvalue weighted by Gasteiger charge is -2.13. The lowest BCUT2D eigenvalue weighted by molar-refractivity contribution is 0.102. The fraction of sp³-hybridized carbons (Fsp3) is 0.267. The molecule has 0 aliphatic heterocycles. The van der Waals surface area contributed by atoms with E-state index < -0.39 is 0 Å². The molecule has 206 valence electrons. The number of hydrogen-bond acceptors (Lipinski definition) is 6. The van der Waals surface area contributed by atoms with Gasteiger partial charge in [0.2, 0.25) is 0 Å². The second-order valence-electron chi connectivity index (χ2n) is 8.72. The zero-order valence-corrected chi connectivity index (χ0v) is 25.0. The highest BCUT2D eigenvalue weighted by atomic mass is 32.2. The number of nitrogens with zero attached hydrogens (tertiary/aromatic N) is 2. The lowest BCUT2D eigenvalue weighted by Crippen LogP contribution is -2.11. The summed E-state index contributed by atoms with van der Waals surface area (Å²) in [6.45, 7) is 8.11. The van der Waals surface area contributed by atoms with Crippen molar-refractivity contribution >= 4 is 41.0 Å². The molecule has 0 radical (unpaired) electrons. The van der Waals surface area contributed by atoms with Gasteiger partial charge in [0.1, 0.15) is 23.9 Å². The summed E-state index contributed by atoms with van der Waals surface area (Å²) in [5.41, 5.74) is 6.18. The van der Waals surface area contributed by atoms with Crippen LogP contribution in [0.2, 0.25) is 0 Å². The summed E-state index contributed by atoms with van der Waals surface area (Å²) in [5, 5.41) is 2.99. The first kappa shape index (κ1) is 30.1. The Morgan fingerprint density at radius 2 is 1.74 bits per heavy atom. The first-order valence-corrected chi connectivity index (χ1v) is 15.0. The van der Waals surface area contributed by atoms with Crippen LogP contribution in [-0.2, 0) is 13.7 Å². The van der Waals surface area contributed by atoms with Gasteiger partial charge in [0.15, 0.2) is 0 Å². The lowest BCUT2D eigenvalue weighted by atomic mass is 10.1. The summed E-state index contributed by atoms with van der Waals surface area (Å²) < 4.78 is 25.2. The average molecular weight is 567 g/mol. The van der Waals surface area contributed by atoms with E-state index in [4.69, 9.17) is 4.74 Å². The molecule has 0 saturated heterocycles. The van der Waals surface area contributed by atoms with Gasteiger partial charge in [-0.25, -0.2) is 4.39 Å². The smallest absolute Gasteiger partial charge is 0.257 e. The molecule has 0 aliphatic rings. The number of amides is 1. The zero-order chi connectivity index (χ0) is 28.5. The number of hydrogen-bond donors (Lipinski definition) is 2. The summed E-state index contributed by atoms with van der Waals surface area (Å²) >= 11 is 2.97. The zero-order valence-electron chi connectivity index (χ0n) is 23.4. The van der Waals surface area contributed by atoms with Crippen LogP contribution in [0, 0.1) is 19.7 Å². The van der Waals surface area contributed by atoms with Crippen LogP contribution < -0.4 is 14.8 Å². The molecule has 0 fully saturated rings. The molecule has 0 bridgehead atoms. The molecule has 1 amide bonds. The third-order valence-corrected chi connectivity index (χ3v) is 6.76. The van der Waals surface area contributed by atoms with E-state index in [2.05, 4.69) is 15.0 Å². The molecule has 6 nitrogen and oxygen atoms in total. The molecule has 39 heavy (non-hydrogen) atoms. The highest BCUT2D eigenvalue weighted by molar-refractivity contribution is 7.99. The molecule has 0 saturated carbocycles. The number of pyridine rings is 1. The summed E-state index contributed by atoms with van der Waals surface area (Å²) in [7, 11) is 1.86. The van der Waals surface area contributed by atoms with E-state index in [1.54, 1.807) is 18.5 Å². The number of anilines is 2. The van der Waals surface area contributed by atoms with Gasteiger partial charge in [-0.2, -0.15) is 0 Å². The minimum atomic E-state index is -0.295. The molecule has 0 atom stereocenters. The number of carbonyl (C=O) groups is 1. The Morgan fingerprint density at radius 3 is 2.46 bits per heavy atom. The molecular formula is C30H35FN4O2S2. The highest BCUT2D eigenvalue weighted by Gasteiger charge is 2.17. The van der Waals surface area contributed by atoms with Crippen molar-refractivity contribution in [1.29, 1.82) is 0 Å². The van der Waals surface area contributed by atoms with E-state index in [-0.39, 0.29) is 18.3 Å². The summed E-state index contributed by atoms with van der Waals surface area (Å²) in [5.74, 6) is 0.0483. The predicted molar refractivity (Wildman–Crippen MR) is 164 cm³/mol. The predicted octanol–water partition coefficient (Wildman–Crippen LogP) is 8.11. The minimum absolute atomic E-state index is 0.195. The van der Waals surface area contributed by atoms with Gasteiger partial charge in [-0.3, -0.25) is 9.78 Å². The number of benzene rings is 2. The Morgan fingerprint density at radius 1 is 1.00 bits per heavy atom. The molecule has 0 unspecified atom stereocenters. The fourth-order valence-corrected chi connectivity index (χ4v) is 4.84. The Labute approximate surface area is 238 Å². The fourth-order valence-electron chi connectivity index (χ4n) is 3.99. The van der Waals surface area contributed by atoms with Crippen LogP contribution in [0.4, 0.5) is 15.8 Å². The van der Waals surface area contributed by atoms with Crippen LogP contribution in [0.5, 0.6) is 5.75 Å². The average Bonchev–Trinajstić information content (AvgIpc) is 3.29. The second kappa shape index (κ2) is 14.1. The number of thioether (sulfide) groups is 1. The van der Waals surface area contributed by atoms with Crippen molar-refractivity contribution in [2.24, 2.45) is 7.05 Å². The quantitative estimate of drug-likeness (QED) is 0.158. The topological polar surface area (TPSA) is 68.2 Å². The van der Waals surface area contributed by atoms with E-state index in [1.165, 1.54) is 35.8 Å².